The summed E-state index contributed by atoms with van der Waals surface area (Å²) in [5.41, 5.74) is 11.2. The average Bonchev–Trinajstić information content (AvgIpc) is 3.03. The summed E-state index contributed by atoms with van der Waals surface area (Å²) in [5.74, 6) is 2.97. The van der Waals surface area contributed by atoms with Gasteiger partial charge in [0.2, 0.25) is 5.95 Å². The van der Waals surface area contributed by atoms with Gasteiger partial charge in [0.25, 0.3) is 0 Å². The van der Waals surface area contributed by atoms with Gasteiger partial charge in [-0.05, 0) is 59.6 Å². The lowest BCUT2D eigenvalue weighted by Gasteiger charge is -2.32. The topological polar surface area (TPSA) is 124 Å². The molecule has 0 saturated heterocycles. The Bertz CT molecular complexity index is 1410. The molecular formula is C31H34N6O5. The van der Waals surface area contributed by atoms with Crippen molar-refractivity contribution >= 4 is 5.95 Å². The lowest BCUT2D eigenvalue weighted by molar-refractivity contribution is 0.00393. The third-order valence-corrected chi connectivity index (χ3v) is 6.32. The van der Waals surface area contributed by atoms with Gasteiger partial charge in [-0.1, -0.05) is 35.4 Å². The zero-order valence-electron chi connectivity index (χ0n) is 24.0. The van der Waals surface area contributed by atoms with Gasteiger partial charge in [-0.15, -0.1) is 0 Å². The highest BCUT2D eigenvalue weighted by Crippen LogP contribution is 2.32. The second-order valence-corrected chi connectivity index (χ2v) is 9.46. The SMILES string of the molecule is COc1ccc(O[C@H](c2cnc(N(C)C)nc2)[C@@H](Oc2ccc(OC)cc2)C(COCc2ccccc2)N=[N+]=[N-])cc1. The summed E-state index contributed by atoms with van der Waals surface area (Å²) in [7, 11) is 6.91. The molecule has 0 bridgehead atoms. The fraction of sp³-hybridized carbons (Fsp3) is 0.290. The van der Waals surface area contributed by atoms with E-state index in [4.69, 9.17) is 23.7 Å². The molecule has 1 unspecified atom stereocenters. The first kappa shape index (κ1) is 30.0. The Hall–Kier alpha value is -4.99. The molecule has 0 aliphatic heterocycles. The highest BCUT2D eigenvalue weighted by Gasteiger charge is 2.35. The number of ether oxygens (including phenoxy) is 5. The van der Waals surface area contributed by atoms with Crippen LogP contribution in [0.1, 0.15) is 17.2 Å². The fourth-order valence-electron chi connectivity index (χ4n) is 4.12. The van der Waals surface area contributed by atoms with Crippen molar-refractivity contribution in [2.75, 3.05) is 39.8 Å². The van der Waals surface area contributed by atoms with Crippen LogP contribution >= 0.6 is 0 Å². The molecule has 3 aromatic carbocycles. The van der Waals surface area contributed by atoms with E-state index >= 15 is 0 Å². The molecule has 4 rings (SSSR count). The van der Waals surface area contributed by atoms with Crippen LogP contribution in [-0.4, -0.2) is 57.0 Å². The van der Waals surface area contributed by atoms with Gasteiger partial charge in [0.05, 0.1) is 27.4 Å². The number of methoxy groups -OCH3 is 2. The van der Waals surface area contributed by atoms with E-state index in [1.54, 1.807) is 80.0 Å². The number of benzene rings is 3. The highest BCUT2D eigenvalue weighted by molar-refractivity contribution is 5.34. The second kappa shape index (κ2) is 15.1. The lowest BCUT2D eigenvalue weighted by Crippen LogP contribution is -2.41. The van der Waals surface area contributed by atoms with E-state index in [-0.39, 0.29) is 6.61 Å². The molecule has 0 aliphatic carbocycles. The number of hydrogen-bond acceptors (Lipinski definition) is 9. The van der Waals surface area contributed by atoms with E-state index in [1.165, 1.54) is 0 Å². The molecule has 4 aromatic rings. The zero-order chi connectivity index (χ0) is 29.7. The summed E-state index contributed by atoms with van der Waals surface area (Å²) in [6, 6.07) is 23.3. The minimum absolute atomic E-state index is 0.0683. The number of aromatic nitrogens is 2. The van der Waals surface area contributed by atoms with Crippen LogP contribution < -0.4 is 23.8 Å². The Kier molecular flexibility index (Phi) is 10.8. The second-order valence-electron chi connectivity index (χ2n) is 9.46. The summed E-state index contributed by atoms with van der Waals surface area (Å²) in [6.45, 7) is 0.400. The molecule has 0 radical (unpaired) electrons. The van der Waals surface area contributed by atoms with Gasteiger partial charge in [0, 0.05) is 37.0 Å². The molecule has 218 valence electrons. The van der Waals surface area contributed by atoms with E-state index in [2.05, 4.69) is 20.0 Å². The Balaban J connectivity index is 1.72. The summed E-state index contributed by atoms with van der Waals surface area (Å²) in [4.78, 5) is 13.9. The van der Waals surface area contributed by atoms with E-state index < -0.39 is 18.2 Å². The molecule has 42 heavy (non-hydrogen) atoms. The Morgan fingerprint density at radius 2 is 1.33 bits per heavy atom. The van der Waals surface area contributed by atoms with E-state index in [0.29, 0.717) is 41.1 Å². The molecule has 0 aliphatic rings. The van der Waals surface area contributed by atoms with Crippen LogP contribution in [-0.2, 0) is 11.3 Å². The molecule has 0 saturated carbocycles. The van der Waals surface area contributed by atoms with Crippen LogP contribution in [0, 0.1) is 0 Å². The van der Waals surface area contributed by atoms with Crippen molar-refractivity contribution in [2.45, 2.75) is 24.9 Å². The summed E-state index contributed by atoms with van der Waals surface area (Å²) >= 11 is 0. The highest BCUT2D eigenvalue weighted by atomic mass is 16.5. The van der Waals surface area contributed by atoms with Gasteiger partial charge < -0.3 is 28.6 Å². The Labute approximate surface area is 245 Å². The van der Waals surface area contributed by atoms with Crippen molar-refractivity contribution in [1.29, 1.82) is 0 Å². The quantitative estimate of drug-likeness (QED) is 0.0965. The van der Waals surface area contributed by atoms with Crippen molar-refractivity contribution in [3.63, 3.8) is 0 Å². The average molecular weight is 571 g/mol. The number of hydrogen-bond donors (Lipinski definition) is 0. The largest absolute Gasteiger partial charge is 0.497 e. The van der Waals surface area contributed by atoms with Crippen LogP contribution in [0.3, 0.4) is 0 Å². The monoisotopic (exact) mass is 570 g/mol. The maximum atomic E-state index is 9.58. The molecule has 1 aromatic heterocycles. The first-order chi connectivity index (χ1) is 20.5. The third-order valence-electron chi connectivity index (χ3n) is 6.32. The van der Waals surface area contributed by atoms with Gasteiger partial charge in [0.15, 0.2) is 12.2 Å². The summed E-state index contributed by atoms with van der Waals surface area (Å²) in [6.07, 6.45) is 1.71. The van der Waals surface area contributed by atoms with Crippen LogP contribution in [0.2, 0.25) is 0 Å². The first-order valence-corrected chi connectivity index (χ1v) is 13.3. The van der Waals surface area contributed by atoms with Gasteiger partial charge in [0.1, 0.15) is 29.0 Å². The standard InChI is InChI=1S/C31H34N6O5/c1-37(2)31-33-18-23(19-34-31)29(41-26-14-10-24(38-3)11-15-26)30(42-27-16-12-25(39-4)13-17-27)28(35-36-32)21-40-20-22-8-6-5-7-9-22/h5-19,28-30H,20-21H2,1-4H3/t28?,29-,30+/m1/s1. The normalized spacial score (nSPS) is 12.8. The first-order valence-electron chi connectivity index (χ1n) is 13.3. The van der Waals surface area contributed by atoms with Crippen molar-refractivity contribution in [3.05, 3.63) is 113 Å². The van der Waals surface area contributed by atoms with Gasteiger partial charge in [-0.25, -0.2) is 9.97 Å². The maximum Gasteiger partial charge on any atom is 0.224 e. The molecular weight excluding hydrogens is 536 g/mol. The molecule has 0 spiro atoms. The van der Waals surface area contributed by atoms with Crippen LogP contribution in [0.15, 0.2) is 96.4 Å². The van der Waals surface area contributed by atoms with E-state index in [0.717, 1.165) is 5.56 Å². The van der Waals surface area contributed by atoms with Crippen LogP contribution in [0.5, 0.6) is 23.0 Å². The molecule has 3 atom stereocenters. The van der Waals surface area contributed by atoms with Crippen molar-refractivity contribution in [2.24, 2.45) is 5.11 Å². The van der Waals surface area contributed by atoms with Crippen molar-refractivity contribution in [1.82, 2.24) is 9.97 Å². The van der Waals surface area contributed by atoms with Gasteiger partial charge in [-0.2, -0.15) is 0 Å². The predicted octanol–water partition coefficient (Wildman–Crippen LogP) is 6.02. The van der Waals surface area contributed by atoms with E-state index in [1.807, 2.05) is 44.4 Å². The van der Waals surface area contributed by atoms with E-state index in [9.17, 15) is 5.53 Å². The third kappa shape index (κ3) is 8.26. The number of rotatable bonds is 15. The Morgan fingerprint density at radius 3 is 1.86 bits per heavy atom. The molecule has 0 amide bonds. The Morgan fingerprint density at radius 1 is 0.786 bits per heavy atom. The minimum atomic E-state index is -0.846. The molecule has 0 fully saturated rings. The summed E-state index contributed by atoms with van der Waals surface area (Å²) < 4.78 is 29.7. The van der Waals surface area contributed by atoms with Gasteiger partial charge >= 0.3 is 0 Å². The zero-order valence-corrected chi connectivity index (χ0v) is 24.0. The van der Waals surface area contributed by atoms with Crippen LogP contribution in [0.25, 0.3) is 10.4 Å². The molecule has 11 nitrogen and oxygen atoms in total. The lowest BCUT2D eigenvalue weighted by atomic mass is 10.0. The smallest absolute Gasteiger partial charge is 0.224 e. The fourth-order valence-corrected chi connectivity index (χ4v) is 4.12. The number of anilines is 1. The van der Waals surface area contributed by atoms with Crippen molar-refractivity contribution in [3.8, 4) is 23.0 Å². The molecule has 0 N–H and O–H groups in total. The number of azide groups is 1. The maximum absolute atomic E-state index is 9.58. The summed E-state index contributed by atoms with van der Waals surface area (Å²) in [5, 5.41) is 4.10. The molecule has 11 heteroatoms. The molecule has 1 heterocycles. The van der Waals surface area contributed by atoms with Crippen molar-refractivity contribution < 1.29 is 23.7 Å². The number of nitrogens with zero attached hydrogens (tertiary/aromatic N) is 6. The predicted molar refractivity (Wildman–Crippen MR) is 159 cm³/mol. The van der Waals surface area contributed by atoms with Gasteiger partial charge in [-0.3, -0.25) is 0 Å². The minimum Gasteiger partial charge on any atom is -0.497 e. The van der Waals surface area contributed by atoms with Crippen LogP contribution in [0.4, 0.5) is 5.95 Å².